The number of nitrogens with zero attached hydrogens (tertiary/aromatic N) is 1. The van der Waals surface area contributed by atoms with Crippen molar-refractivity contribution in [2.24, 2.45) is 5.73 Å². The summed E-state index contributed by atoms with van der Waals surface area (Å²) in [4.78, 5) is 2.48. The van der Waals surface area contributed by atoms with E-state index in [2.05, 4.69) is 53.4 Å². The van der Waals surface area contributed by atoms with Crippen LogP contribution in [0.25, 0.3) is 0 Å². The van der Waals surface area contributed by atoms with Crippen molar-refractivity contribution in [1.29, 1.82) is 0 Å². The molecule has 1 heterocycles. The molecule has 2 aromatic carbocycles. The molecule has 2 N–H and O–H groups in total. The first-order chi connectivity index (χ1) is 9.86. The average Bonchev–Trinajstić information content (AvgIpc) is 2.70. The van der Waals surface area contributed by atoms with E-state index in [9.17, 15) is 0 Å². The van der Waals surface area contributed by atoms with E-state index in [4.69, 9.17) is 5.73 Å². The van der Waals surface area contributed by atoms with Crippen LogP contribution in [-0.2, 0) is 19.4 Å². The van der Waals surface area contributed by atoms with Gasteiger partial charge in [-0.25, -0.2) is 0 Å². The van der Waals surface area contributed by atoms with Crippen LogP contribution in [0.2, 0.25) is 0 Å². The third kappa shape index (κ3) is 2.86. The van der Waals surface area contributed by atoms with Crippen molar-refractivity contribution < 1.29 is 0 Å². The van der Waals surface area contributed by atoms with Gasteiger partial charge in [-0.15, -0.1) is 0 Å². The average molecular weight is 266 g/mol. The molecule has 0 atom stereocenters. The Hall–Kier alpha value is -1.80. The number of anilines is 1. The third-order valence-electron chi connectivity index (χ3n) is 4.09. The number of nitrogens with two attached hydrogens (primary N) is 1. The summed E-state index contributed by atoms with van der Waals surface area (Å²) in [6.45, 7) is 2.87. The molecule has 0 amide bonds. The molecule has 0 bridgehead atoms. The molecule has 0 aliphatic carbocycles. The molecule has 0 spiro atoms. The van der Waals surface area contributed by atoms with Crippen molar-refractivity contribution in [2.75, 3.05) is 18.0 Å². The Labute approximate surface area is 121 Å². The van der Waals surface area contributed by atoms with Crippen LogP contribution in [0.1, 0.15) is 23.1 Å². The molecule has 0 unspecified atom stereocenters. The van der Waals surface area contributed by atoms with Crippen LogP contribution in [0.5, 0.6) is 0 Å². The van der Waals surface area contributed by atoms with Crippen LogP contribution < -0.4 is 10.6 Å². The van der Waals surface area contributed by atoms with Gasteiger partial charge in [0.25, 0.3) is 0 Å². The van der Waals surface area contributed by atoms with Gasteiger partial charge >= 0.3 is 0 Å². The molecule has 2 nitrogen and oxygen atoms in total. The van der Waals surface area contributed by atoms with E-state index in [1.807, 2.05) is 0 Å². The van der Waals surface area contributed by atoms with E-state index in [0.29, 0.717) is 0 Å². The molecule has 1 aliphatic rings. The van der Waals surface area contributed by atoms with Crippen LogP contribution >= 0.6 is 0 Å². The van der Waals surface area contributed by atoms with E-state index in [1.165, 1.54) is 35.2 Å². The fourth-order valence-electron chi connectivity index (χ4n) is 2.96. The molecule has 2 aromatic rings. The lowest BCUT2D eigenvalue weighted by molar-refractivity contribution is 0.765. The molecule has 2 heteroatoms. The molecule has 0 fully saturated rings. The lowest BCUT2D eigenvalue weighted by atomic mass is 10.0. The van der Waals surface area contributed by atoms with Gasteiger partial charge in [0.15, 0.2) is 0 Å². The van der Waals surface area contributed by atoms with Crippen molar-refractivity contribution >= 4 is 5.69 Å². The van der Waals surface area contributed by atoms with Crippen LogP contribution in [0.3, 0.4) is 0 Å². The first-order valence-electron chi connectivity index (χ1n) is 7.47. The summed E-state index contributed by atoms with van der Waals surface area (Å²) in [6, 6.07) is 17.7. The quantitative estimate of drug-likeness (QED) is 0.924. The summed E-state index contributed by atoms with van der Waals surface area (Å²) in [5.74, 6) is 0. The van der Waals surface area contributed by atoms with Gasteiger partial charge < -0.3 is 10.6 Å². The Kier molecular flexibility index (Phi) is 4.03. The zero-order chi connectivity index (χ0) is 13.8. The number of benzene rings is 2. The third-order valence-corrected chi connectivity index (χ3v) is 4.09. The van der Waals surface area contributed by atoms with Crippen LogP contribution in [0, 0.1) is 0 Å². The first-order valence-corrected chi connectivity index (χ1v) is 7.47. The van der Waals surface area contributed by atoms with Gasteiger partial charge in [-0.2, -0.15) is 0 Å². The molecule has 104 valence electrons. The van der Waals surface area contributed by atoms with Crippen LogP contribution in [-0.4, -0.2) is 13.1 Å². The van der Waals surface area contributed by atoms with Gasteiger partial charge in [-0.3, -0.25) is 0 Å². The Balaban J connectivity index is 1.80. The fourth-order valence-corrected chi connectivity index (χ4v) is 2.96. The number of aryl methyl sites for hydroxylation is 1. The van der Waals surface area contributed by atoms with E-state index < -0.39 is 0 Å². The zero-order valence-corrected chi connectivity index (χ0v) is 11.9. The second-order valence-electron chi connectivity index (χ2n) is 5.50. The van der Waals surface area contributed by atoms with Gasteiger partial charge in [-0.1, -0.05) is 36.4 Å². The minimum atomic E-state index is 0.719. The topological polar surface area (TPSA) is 29.3 Å². The monoisotopic (exact) mass is 266 g/mol. The van der Waals surface area contributed by atoms with Gasteiger partial charge in [0.1, 0.15) is 0 Å². The smallest absolute Gasteiger partial charge is 0.0432 e. The normalized spacial score (nSPS) is 14.8. The predicted octanol–water partition coefficient (Wildman–Crippen LogP) is 3.14. The molecule has 0 saturated carbocycles. The minimum Gasteiger partial charge on any atom is -0.367 e. The highest BCUT2D eigenvalue weighted by molar-refractivity contribution is 5.49. The Morgan fingerprint density at radius 1 is 0.950 bits per heavy atom. The van der Waals surface area contributed by atoms with E-state index in [-0.39, 0.29) is 0 Å². The minimum absolute atomic E-state index is 0.719. The SMILES string of the molecule is NCCc1ccc(N2CCCc3ccccc3C2)cc1. The van der Waals surface area contributed by atoms with Gasteiger partial charge in [0.05, 0.1) is 0 Å². The molecular weight excluding hydrogens is 244 g/mol. The summed E-state index contributed by atoms with van der Waals surface area (Å²) >= 11 is 0. The lowest BCUT2D eigenvalue weighted by Gasteiger charge is -2.23. The maximum atomic E-state index is 5.60. The van der Waals surface area contributed by atoms with Crippen molar-refractivity contribution in [1.82, 2.24) is 0 Å². The molecule has 1 aliphatic heterocycles. The van der Waals surface area contributed by atoms with Gasteiger partial charge in [-0.05, 0) is 54.6 Å². The van der Waals surface area contributed by atoms with Crippen LogP contribution in [0.4, 0.5) is 5.69 Å². The number of hydrogen-bond donors (Lipinski definition) is 1. The second-order valence-corrected chi connectivity index (χ2v) is 5.50. The first kappa shape index (κ1) is 13.2. The lowest BCUT2D eigenvalue weighted by Crippen LogP contribution is -2.22. The Morgan fingerprint density at radius 2 is 1.70 bits per heavy atom. The fraction of sp³-hybridized carbons (Fsp3) is 0.333. The highest BCUT2D eigenvalue weighted by Crippen LogP contribution is 2.24. The maximum absolute atomic E-state index is 5.60. The van der Waals surface area contributed by atoms with Gasteiger partial charge in [0.2, 0.25) is 0 Å². The molecule has 0 radical (unpaired) electrons. The molecular formula is C18H22N2. The van der Waals surface area contributed by atoms with Gasteiger partial charge in [0, 0.05) is 18.8 Å². The summed E-state index contributed by atoms with van der Waals surface area (Å²) in [5, 5.41) is 0. The second kappa shape index (κ2) is 6.10. The highest BCUT2D eigenvalue weighted by atomic mass is 15.1. The molecule has 0 saturated heterocycles. The summed E-state index contributed by atoms with van der Waals surface area (Å²) in [5.41, 5.74) is 11.2. The van der Waals surface area contributed by atoms with Crippen molar-refractivity contribution in [3.8, 4) is 0 Å². The summed E-state index contributed by atoms with van der Waals surface area (Å²) in [7, 11) is 0. The van der Waals surface area contributed by atoms with E-state index >= 15 is 0 Å². The molecule has 0 aromatic heterocycles. The highest BCUT2D eigenvalue weighted by Gasteiger charge is 2.14. The largest absolute Gasteiger partial charge is 0.367 e. The zero-order valence-electron chi connectivity index (χ0n) is 11.9. The van der Waals surface area contributed by atoms with Crippen molar-refractivity contribution in [3.63, 3.8) is 0 Å². The summed E-state index contributed by atoms with van der Waals surface area (Å²) < 4.78 is 0. The molecule has 3 rings (SSSR count). The van der Waals surface area contributed by atoms with Crippen LogP contribution in [0.15, 0.2) is 48.5 Å². The standard InChI is InChI=1S/C18H22N2/c19-12-11-15-7-9-18(10-8-15)20-13-3-6-16-4-1-2-5-17(16)14-20/h1-2,4-5,7-10H,3,6,11-14,19H2. The number of fused-ring (bicyclic) bond motifs is 1. The maximum Gasteiger partial charge on any atom is 0.0432 e. The predicted molar refractivity (Wildman–Crippen MR) is 85.0 cm³/mol. The van der Waals surface area contributed by atoms with Crippen molar-refractivity contribution in [2.45, 2.75) is 25.8 Å². The Bertz CT molecular complexity index is 560. The number of hydrogen-bond acceptors (Lipinski definition) is 2. The Morgan fingerprint density at radius 3 is 2.45 bits per heavy atom. The van der Waals surface area contributed by atoms with E-state index in [0.717, 1.165) is 26.1 Å². The number of rotatable bonds is 3. The molecule has 20 heavy (non-hydrogen) atoms. The van der Waals surface area contributed by atoms with E-state index in [1.54, 1.807) is 0 Å². The summed E-state index contributed by atoms with van der Waals surface area (Å²) in [6.07, 6.45) is 3.38. The van der Waals surface area contributed by atoms with Crippen molar-refractivity contribution in [3.05, 3.63) is 65.2 Å².